The van der Waals surface area contributed by atoms with Crippen LogP contribution in [0, 0.1) is 5.82 Å². The number of nitrogens with zero attached hydrogens (tertiary/aromatic N) is 2. The lowest BCUT2D eigenvalue weighted by molar-refractivity contribution is -0.143. The maximum absolute atomic E-state index is 14.8. The number of amides is 3. The predicted molar refractivity (Wildman–Crippen MR) is 118 cm³/mol. The Kier molecular flexibility index (Phi) is 6.47. The van der Waals surface area contributed by atoms with E-state index in [4.69, 9.17) is 9.47 Å². The van der Waals surface area contributed by atoms with Gasteiger partial charge >= 0.3 is 0 Å². The van der Waals surface area contributed by atoms with Crippen molar-refractivity contribution in [2.45, 2.75) is 30.8 Å². The van der Waals surface area contributed by atoms with E-state index < -0.39 is 23.0 Å². The first-order valence-electron chi connectivity index (χ1n) is 10.9. The summed E-state index contributed by atoms with van der Waals surface area (Å²) in [5.41, 5.74) is -0.438. The highest BCUT2D eigenvalue weighted by Crippen LogP contribution is 2.41. The molecule has 0 radical (unpaired) electrons. The second kappa shape index (κ2) is 9.31. The van der Waals surface area contributed by atoms with Crippen LogP contribution in [0.2, 0.25) is 0 Å². The quantitative estimate of drug-likeness (QED) is 0.573. The highest BCUT2D eigenvalue weighted by atomic mass is 19.1. The lowest BCUT2D eigenvalue weighted by Gasteiger charge is -2.30. The molecule has 0 saturated carbocycles. The fraction of sp³-hybridized carbons (Fsp3) is 0.400. The maximum Gasteiger partial charge on any atom is 0.241 e. The number of rotatable bonds is 8. The maximum atomic E-state index is 14.8. The second-order valence-electron chi connectivity index (χ2n) is 8.58. The SMILES string of the molecule is COCCN1C(=O)CC(CC(=O)N(C)CC2Cc3ccccc3O2)(c2ccccc2F)C1=O. The van der Waals surface area contributed by atoms with Gasteiger partial charge in [0.05, 0.1) is 25.1 Å². The second-order valence-corrected chi connectivity index (χ2v) is 8.58. The first-order chi connectivity index (χ1) is 15.9. The van der Waals surface area contributed by atoms with Gasteiger partial charge in [0, 0.05) is 39.0 Å². The van der Waals surface area contributed by atoms with Crippen LogP contribution < -0.4 is 4.74 Å². The van der Waals surface area contributed by atoms with E-state index in [0.29, 0.717) is 13.0 Å². The van der Waals surface area contributed by atoms with Gasteiger partial charge in [-0.2, -0.15) is 0 Å². The Hall–Kier alpha value is -3.26. The zero-order valence-corrected chi connectivity index (χ0v) is 18.8. The number of benzene rings is 2. The van der Waals surface area contributed by atoms with Crippen molar-refractivity contribution < 1.29 is 28.2 Å². The van der Waals surface area contributed by atoms with Crippen LogP contribution in [0.15, 0.2) is 48.5 Å². The molecule has 3 amide bonds. The standard InChI is InChI=1S/C25H27FN2O5/c1-27(16-18-13-17-7-3-6-10-21(17)33-18)22(29)14-25(19-8-4-5-9-20(19)26)15-23(30)28(24(25)31)11-12-32-2/h3-10,18H,11-16H2,1-2H3. The molecular weight excluding hydrogens is 427 g/mol. The van der Waals surface area contributed by atoms with Crippen molar-refractivity contribution in [2.24, 2.45) is 0 Å². The molecule has 0 aromatic heterocycles. The van der Waals surface area contributed by atoms with Gasteiger partial charge in [-0.05, 0) is 17.7 Å². The minimum Gasteiger partial charge on any atom is -0.488 e. The Morgan fingerprint density at radius 2 is 1.94 bits per heavy atom. The van der Waals surface area contributed by atoms with Crippen LogP contribution in [0.3, 0.4) is 0 Å². The number of hydrogen-bond acceptors (Lipinski definition) is 5. The fourth-order valence-electron chi connectivity index (χ4n) is 4.66. The van der Waals surface area contributed by atoms with E-state index in [1.807, 2.05) is 24.3 Å². The molecule has 0 spiro atoms. The highest BCUT2D eigenvalue weighted by Gasteiger charge is 2.55. The van der Waals surface area contributed by atoms with Crippen molar-refractivity contribution >= 4 is 17.7 Å². The lowest BCUT2D eigenvalue weighted by Crippen LogP contribution is -2.45. The van der Waals surface area contributed by atoms with Crippen molar-refractivity contribution in [3.05, 3.63) is 65.5 Å². The van der Waals surface area contributed by atoms with E-state index in [1.165, 1.54) is 30.2 Å². The Morgan fingerprint density at radius 3 is 2.67 bits per heavy atom. The van der Waals surface area contributed by atoms with Crippen LogP contribution in [0.5, 0.6) is 5.75 Å². The zero-order chi connectivity index (χ0) is 23.6. The third-order valence-electron chi connectivity index (χ3n) is 6.39. The summed E-state index contributed by atoms with van der Waals surface area (Å²) in [6.07, 6.45) is -0.103. The van der Waals surface area contributed by atoms with Gasteiger partial charge in [-0.1, -0.05) is 36.4 Å². The number of carbonyl (C=O) groups excluding carboxylic acids is 3. The van der Waals surface area contributed by atoms with E-state index in [0.717, 1.165) is 16.2 Å². The number of hydrogen-bond donors (Lipinski definition) is 0. The van der Waals surface area contributed by atoms with Gasteiger partial charge in [-0.25, -0.2) is 4.39 Å². The Bertz CT molecular complexity index is 1050. The molecule has 4 rings (SSSR count). The number of methoxy groups -OCH3 is 1. The number of likely N-dealkylation sites (tertiary alicyclic amines) is 1. The molecule has 33 heavy (non-hydrogen) atoms. The molecule has 2 atom stereocenters. The normalized spacial score (nSPS) is 21.8. The number of imide groups is 1. The predicted octanol–water partition coefficient (Wildman–Crippen LogP) is 2.32. The summed E-state index contributed by atoms with van der Waals surface area (Å²) in [6, 6.07) is 13.5. The Morgan fingerprint density at radius 1 is 1.21 bits per heavy atom. The van der Waals surface area contributed by atoms with Gasteiger partial charge in [0.2, 0.25) is 17.7 Å². The molecule has 0 aliphatic carbocycles. The number of likely N-dealkylation sites (N-methyl/N-ethyl adjacent to an activating group) is 1. The summed E-state index contributed by atoms with van der Waals surface area (Å²) in [5.74, 6) is -1.17. The van der Waals surface area contributed by atoms with Crippen molar-refractivity contribution in [3.8, 4) is 5.75 Å². The zero-order valence-electron chi connectivity index (χ0n) is 18.8. The van der Waals surface area contributed by atoms with Gasteiger partial charge < -0.3 is 14.4 Å². The van der Waals surface area contributed by atoms with Crippen LogP contribution in [0.1, 0.15) is 24.0 Å². The molecule has 0 bridgehead atoms. The largest absolute Gasteiger partial charge is 0.488 e. The smallest absolute Gasteiger partial charge is 0.241 e. The molecule has 1 saturated heterocycles. The monoisotopic (exact) mass is 454 g/mol. The highest BCUT2D eigenvalue weighted by molar-refractivity contribution is 6.10. The van der Waals surface area contributed by atoms with Gasteiger partial charge in [0.1, 0.15) is 17.7 Å². The topological polar surface area (TPSA) is 76.2 Å². The van der Waals surface area contributed by atoms with Crippen LogP contribution >= 0.6 is 0 Å². The molecule has 1 fully saturated rings. The molecule has 174 valence electrons. The minimum atomic E-state index is -1.58. The average molecular weight is 454 g/mol. The van der Waals surface area contributed by atoms with Crippen molar-refractivity contribution in [3.63, 3.8) is 0 Å². The van der Waals surface area contributed by atoms with E-state index in [1.54, 1.807) is 13.1 Å². The van der Waals surface area contributed by atoms with Gasteiger partial charge in [-0.3, -0.25) is 19.3 Å². The summed E-state index contributed by atoms with van der Waals surface area (Å²) in [4.78, 5) is 42.0. The van der Waals surface area contributed by atoms with Crippen LogP contribution in [0.25, 0.3) is 0 Å². The number of para-hydroxylation sites is 1. The third kappa shape index (κ3) is 4.35. The molecule has 2 heterocycles. The van der Waals surface area contributed by atoms with Crippen molar-refractivity contribution in [1.82, 2.24) is 9.80 Å². The van der Waals surface area contributed by atoms with E-state index in [9.17, 15) is 18.8 Å². The first kappa shape index (κ1) is 22.9. The summed E-state index contributed by atoms with van der Waals surface area (Å²) in [7, 11) is 3.10. The molecule has 7 nitrogen and oxygen atoms in total. The van der Waals surface area contributed by atoms with Crippen molar-refractivity contribution in [2.75, 3.05) is 33.9 Å². The molecule has 2 aromatic carbocycles. The number of ether oxygens (including phenoxy) is 2. The molecule has 2 aliphatic heterocycles. The minimum absolute atomic E-state index is 0.0581. The van der Waals surface area contributed by atoms with Crippen LogP contribution in [-0.4, -0.2) is 67.5 Å². The average Bonchev–Trinajstić information content (AvgIpc) is 3.30. The summed E-state index contributed by atoms with van der Waals surface area (Å²) in [6.45, 7) is 0.539. The molecule has 8 heteroatoms. The van der Waals surface area contributed by atoms with Gasteiger partial charge in [0.25, 0.3) is 0 Å². The summed E-state index contributed by atoms with van der Waals surface area (Å²) < 4.78 is 25.8. The van der Waals surface area contributed by atoms with E-state index >= 15 is 0 Å². The fourth-order valence-corrected chi connectivity index (χ4v) is 4.66. The number of fused-ring (bicyclic) bond motifs is 1. The van der Waals surface area contributed by atoms with Crippen LogP contribution in [-0.2, 0) is 31.0 Å². The van der Waals surface area contributed by atoms with Gasteiger partial charge in [-0.15, -0.1) is 0 Å². The molecule has 2 aromatic rings. The van der Waals surface area contributed by atoms with E-state index in [-0.39, 0.29) is 43.6 Å². The Labute approximate surface area is 192 Å². The van der Waals surface area contributed by atoms with E-state index in [2.05, 4.69) is 0 Å². The number of halogens is 1. The Balaban J connectivity index is 1.55. The molecule has 2 unspecified atom stereocenters. The summed E-state index contributed by atoms with van der Waals surface area (Å²) in [5, 5.41) is 0. The lowest BCUT2D eigenvalue weighted by atomic mass is 9.75. The summed E-state index contributed by atoms with van der Waals surface area (Å²) >= 11 is 0. The van der Waals surface area contributed by atoms with Gasteiger partial charge in [0.15, 0.2) is 0 Å². The molecule has 2 aliphatic rings. The first-order valence-corrected chi connectivity index (χ1v) is 10.9. The van der Waals surface area contributed by atoms with Crippen molar-refractivity contribution in [1.29, 1.82) is 0 Å². The third-order valence-corrected chi connectivity index (χ3v) is 6.39. The molecule has 0 N–H and O–H groups in total. The number of carbonyl (C=O) groups is 3. The molecular formula is C25H27FN2O5. The van der Waals surface area contributed by atoms with Crippen LogP contribution in [0.4, 0.5) is 4.39 Å².